The van der Waals surface area contributed by atoms with E-state index in [1.54, 1.807) is 0 Å². The molecule has 2 N–H and O–H groups in total. The Kier molecular flexibility index (Phi) is 14.9. The van der Waals surface area contributed by atoms with Crippen molar-refractivity contribution in [3.63, 3.8) is 0 Å². The average Bonchev–Trinajstić information content (AvgIpc) is 4.02. The Hall–Kier alpha value is -4.30. The second-order valence-corrected chi connectivity index (χ2v) is 17.4. The summed E-state index contributed by atoms with van der Waals surface area (Å²) in [4.78, 5) is 73.9. The normalized spacial score (nSPS) is 32.8. The quantitative estimate of drug-likeness (QED) is 0.0453. The van der Waals surface area contributed by atoms with E-state index in [2.05, 4.69) is 35.9 Å². The molecule has 0 aromatic carbocycles. The van der Waals surface area contributed by atoms with Crippen molar-refractivity contribution in [3.8, 4) is 0 Å². The Bertz CT molecular complexity index is 1600. The van der Waals surface area contributed by atoms with Gasteiger partial charge in [0.1, 0.15) is 37.6 Å². The topological polar surface area (TPSA) is 188 Å². The molecule has 2 amide bonds. The lowest BCUT2D eigenvalue weighted by atomic mass is 9.84. The molecule has 2 aliphatic carbocycles. The summed E-state index contributed by atoms with van der Waals surface area (Å²) in [6.07, 6.45) is 13.6. The molecule has 14 nitrogen and oxygen atoms in total. The van der Waals surface area contributed by atoms with E-state index in [9.17, 15) is 28.8 Å². The molecule has 4 fully saturated rings. The van der Waals surface area contributed by atoms with Crippen LogP contribution in [0.4, 0.5) is 0 Å². The first-order valence-electron chi connectivity index (χ1n) is 21.6. The first-order chi connectivity index (χ1) is 28.3. The minimum atomic E-state index is -0.429. The van der Waals surface area contributed by atoms with Crippen LogP contribution >= 0.6 is 0 Å². The summed E-state index contributed by atoms with van der Waals surface area (Å²) in [5, 5.41) is 5.73. The number of allylic oxidation sites excluding steroid dienone is 2. The summed E-state index contributed by atoms with van der Waals surface area (Å²) in [7, 11) is 0. The molecular formula is C45H62N2O12. The number of ether oxygens (including phenoxy) is 6. The van der Waals surface area contributed by atoms with Gasteiger partial charge in [-0.15, -0.1) is 0 Å². The molecule has 6 aliphatic rings. The zero-order valence-electron chi connectivity index (χ0n) is 34.8. The SMILES string of the molecule is C=C1C(=O)O[C@H]2[C@H]1CC/C(COC(=O)CCC(=O)NCCCCCCCNC(=O)CCC(=O)OC/C1=C/CC[C@@]3(C)O[C@H]3[C@H]3OC(=O)C(=C)[C@@H]3CC1)=C\CC[C@@]1(C)O[C@@H]21. The van der Waals surface area contributed by atoms with Crippen molar-refractivity contribution in [3.05, 3.63) is 47.6 Å². The summed E-state index contributed by atoms with van der Waals surface area (Å²) >= 11 is 0. The molecule has 59 heavy (non-hydrogen) atoms. The molecule has 0 saturated carbocycles. The Labute approximate surface area is 347 Å². The highest BCUT2D eigenvalue weighted by Crippen LogP contribution is 2.51. The monoisotopic (exact) mass is 822 g/mol. The van der Waals surface area contributed by atoms with Crippen LogP contribution in [0, 0.1) is 11.8 Å². The number of fused-ring (bicyclic) bond motifs is 6. The van der Waals surface area contributed by atoms with Crippen molar-refractivity contribution in [1.82, 2.24) is 10.6 Å². The van der Waals surface area contributed by atoms with Crippen LogP contribution in [-0.2, 0) is 57.2 Å². The van der Waals surface area contributed by atoms with E-state index < -0.39 is 11.9 Å². The van der Waals surface area contributed by atoms with Crippen LogP contribution < -0.4 is 10.6 Å². The van der Waals surface area contributed by atoms with Gasteiger partial charge in [-0.1, -0.05) is 44.6 Å². The molecule has 4 saturated heterocycles. The number of carbonyl (C=O) groups is 6. The fraction of sp³-hybridized carbons (Fsp3) is 0.689. The van der Waals surface area contributed by atoms with E-state index in [1.807, 2.05) is 13.8 Å². The van der Waals surface area contributed by atoms with E-state index in [0.29, 0.717) is 49.9 Å². The fourth-order valence-electron chi connectivity index (χ4n) is 8.84. The first kappa shape index (κ1) is 44.3. The van der Waals surface area contributed by atoms with Crippen LogP contribution in [0.25, 0.3) is 0 Å². The lowest BCUT2D eigenvalue weighted by Crippen LogP contribution is -2.29. The number of esters is 4. The van der Waals surface area contributed by atoms with Crippen LogP contribution in [0.1, 0.15) is 123 Å². The summed E-state index contributed by atoms with van der Waals surface area (Å²) in [5.74, 6) is -2.22. The highest BCUT2D eigenvalue weighted by atomic mass is 16.7. The zero-order valence-corrected chi connectivity index (χ0v) is 34.8. The summed E-state index contributed by atoms with van der Waals surface area (Å²) in [6.45, 7) is 13.3. The Morgan fingerprint density at radius 1 is 0.661 bits per heavy atom. The predicted molar refractivity (Wildman–Crippen MR) is 214 cm³/mol. The summed E-state index contributed by atoms with van der Waals surface area (Å²) in [6, 6.07) is 0. The van der Waals surface area contributed by atoms with Gasteiger partial charge in [-0.25, -0.2) is 9.59 Å². The van der Waals surface area contributed by atoms with E-state index in [0.717, 1.165) is 68.9 Å². The second kappa shape index (κ2) is 19.8. The van der Waals surface area contributed by atoms with Crippen molar-refractivity contribution in [2.24, 2.45) is 11.8 Å². The molecule has 4 aliphatic heterocycles. The van der Waals surface area contributed by atoms with Gasteiger partial charge in [0.25, 0.3) is 0 Å². The number of carbonyl (C=O) groups excluding carboxylic acids is 6. The molecule has 6 rings (SSSR count). The van der Waals surface area contributed by atoms with Crippen molar-refractivity contribution in [2.45, 2.75) is 159 Å². The maximum atomic E-state index is 12.4. The highest BCUT2D eigenvalue weighted by Gasteiger charge is 2.62. The van der Waals surface area contributed by atoms with Crippen LogP contribution in [0.2, 0.25) is 0 Å². The molecule has 0 bridgehead atoms. The minimum Gasteiger partial charge on any atom is -0.461 e. The molecule has 0 radical (unpaired) electrons. The van der Waals surface area contributed by atoms with Crippen LogP contribution in [0.3, 0.4) is 0 Å². The maximum Gasteiger partial charge on any atom is 0.334 e. The van der Waals surface area contributed by atoms with Gasteiger partial charge in [-0.2, -0.15) is 0 Å². The van der Waals surface area contributed by atoms with Gasteiger partial charge >= 0.3 is 23.9 Å². The Morgan fingerprint density at radius 2 is 1.07 bits per heavy atom. The number of hydrogen-bond acceptors (Lipinski definition) is 12. The number of epoxide rings is 2. The summed E-state index contributed by atoms with van der Waals surface area (Å²) in [5.41, 5.74) is 2.25. The standard InChI is InChI=1S/C45H62N2O12/c1-28-32-16-14-30(12-10-22-44(3)40(58-44)38(32)56-42(28)52)26-54-36(50)20-18-34(48)46-24-8-6-5-7-9-25-47-35(49)19-21-37(51)55-27-31-13-11-23-45(4)41(59-45)39-33(17-15-31)29(2)43(53)57-39/h12-13,32-33,38-41H,1-2,5-11,14-27H2,3-4H3,(H,46,48)(H,47,49)/b30-12+,31-13+/t32-,33-,38-,39-,40-,41-,44+,45+/m0/s1. The Balaban J connectivity index is 0.747. The van der Waals surface area contributed by atoms with Crippen LogP contribution in [0.15, 0.2) is 47.6 Å². The van der Waals surface area contributed by atoms with Gasteiger partial charge in [0.05, 0.1) is 24.0 Å². The molecular weight excluding hydrogens is 760 g/mol. The van der Waals surface area contributed by atoms with Gasteiger partial charge in [0.15, 0.2) is 0 Å². The van der Waals surface area contributed by atoms with Crippen molar-refractivity contribution >= 4 is 35.7 Å². The highest BCUT2D eigenvalue weighted by molar-refractivity contribution is 5.91. The molecule has 0 aromatic heterocycles. The average molecular weight is 823 g/mol. The van der Waals surface area contributed by atoms with E-state index in [4.69, 9.17) is 28.4 Å². The molecule has 0 spiro atoms. The van der Waals surface area contributed by atoms with Gasteiger partial charge in [0.2, 0.25) is 11.8 Å². The lowest BCUT2D eigenvalue weighted by Gasteiger charge is -2.20. The molecule has 324 valence electrons. The second-order valence-electron chi connectivity index (χ2n) is 17.4. The van der Waals surface area contributed by atoms with Gasteiger partial charge in [0, 0.05) is 48.9 Å². The van der Waals surface area contributed by atoms with E-state index >= 15 is 0 Å². The third kappa shape index (κ3) is 11.9. The van der Waals surface area contributed by atoms with E-state index in [-0.39, 0.29) is 110 Å². The molecule has 4 heterocycles. The van der Waals surface area contributed by atoms with E-state index in [1.165, 1.54) is 0 Å². The fourth-order valence-corrected chi connectivity index (χ4v) is 8.84. The molecule has 8 atom stereocenters. The smallest absolute Gasteiger partial charge is 0.334 e. The van der Waals surface area contributed by atoms with Crippen LogP contribution in [0.5, 0.6) is 0 Å². The van der Waals surface area contributed by atoms with Crippen molar-refractivity contribution in [2.75, 3.05) is 26.3 Å². The first-order valence-corrected chi connectivity index (χ1v) is 21.6. The van der Waals surface area contributed by atoms with Crippen molar-refractivity contribution in [1.29, 1.82) is 0 Å². The Morgan fingerprint density at radius 3 is 1.49 bits per heavy atom. The van der Waals surface area contributed by atoms with Gasteiger partial charge < -0.3 is 39.1 Å². The number of nitrogens with one attached hydrogen (secondary N) is 2. The number of hydrogen-bond donors (Lipinski definition) is 2. The number of amides is 2. The van der Waals surface area contributed by atoms with Gasteiger partial charge in [-0.3, -0.25) is 19.2 Å². The largest absolute Gasteiger partial charge is 0.461 e. The van der Waals surface area contributed by atoms with Crippen LogP contribution in [-0.4, -0.2) is 97.6 Å². The molecule has 0 unspecified atom stereocenters. The lowest BCUT2D eigenvalue weighted by molar-refractivity contribution is -0.144. The minimum absolute atomic E-state index is 0.00279. The third-order valence-corrected chi connectivity index (χ3v) is 12.8. The van der Waals surface area contributed by atoms with Gasteiger partial charge in [-0.05, 0) is 89.2 Å². The molecule has 0 aromatic rings. The molecule has 14 heteroatoms. The number of unbranched alkanes of at least 4 members (excludes halogenated alkanes) is 4. The summed E-state index contributed by atoms with van der Waals surface area (Å²) < 4.78 is 34.1. The van der Waals surface area contributed by atoms with Crippen molar-refractivity contribution < 1.29 is 57.2 Å². The number of rotatable bonds is 18. The zero-order chi connectivity index (χ0) is 42.2. The predicted octanol–water partition coefficient (Wildman–Crippen LogP) is 5.33. The maximum absolute atomic E-state index is 12.4. The third-order valence-electron chi connectivity index (χ3n) is 12.8.